The number of allylic oxidation sites excluding steroid dienone is 2. The Bertz CT molecular complexity index is 188. The van der Waals surface area contributed by atoms with Gasteiger partial charge in [-0.15, -0.1) is 6.42 Å². The van der Waals surface area contributed by atoms with Crippen LogP contribution in [0.2, 0.25) is 0 Å². The van der Waals surface area contributed by atoms with E-state index in [4.69, 9.17) is 6.42 Å². The molecule has 1 aliphatic carbocycles. The molecule has 0 heterocycles. The summed E-state index contributed by atoms with van der Waals surface area (Å²) in [6.45, 7) is 0. The van der Waals surface area contributed by atoms with Crippen molar-refractivity contribution in [1.82, 2.24) is 0 Å². The third-order valence-electron chi connectivity index (χ3n) is 2.12. The first kappa shape index (κ1) is 8.36. The lowest BCUT2D eigenvalue weighted by Gasteiger charge is -2.22. The molecule has 0 saturated carbocycles. The van der Waals surface area contributed by atoms with Gasteiger partial charge in [-0.05, 0) is 32.1 Å². The molecule has 0 aliphatic heterocycles. The molecule has 1 nitrogen and oxygen atoms in total. The van der Waals surface area contributed by atoms with Gasteiger partial charge in [0, 0.05) is 0 Å². The maximum absolute atomic E-state index is 9.72. The van der Waals surface area contributed by atoms with Crippen molar-refractivity contribution in [3.63, 3.8) is 0 Å². The highest BCUT2D eigenvalue weighted by Crippen LogP contribution is 2.22. The molecule has 1 heteroatoms. The van der Waals surface area contributed by atoms with Gasteiger partial charge in [-0.2, -0.15) is 0 Å². The number of terminal acetylenes is 1. The molecule has 0 spiro atoms. The molecular formula is C10H14O. The van der Waals surface area contributed by atoms with Crippen molar-refractivity contribution < 1.29 is 5.11 Å². The van der Waals surface area contributed by atoms with Gasteiger partial charge in [-0.1, -0.05) is 18.1 Å². The zero-order valence-corrected chi connectivity index (χ0v) is 6.71. The minimum atomic E-state index is -0.829. The van der Waals surface area contributed by atoms with Crippen LogP contribution in [0.3, 0.4) is 0 Å². The Morgan fingerprint density at radius 1 is 1.27 bits per heavy atom. The molecular weight excluding hydrogens is 136 g/mol. The van der Waals surface area contributed by atoms with Crippen molar-refractivity contribution in [2.45, 2.75) is 37.7 Å². The topological polar surface area (TPSA) is 20.2 Å². The minimum Gasteiger partial charge on any atom is -0.378 e. The number of rotatable bonds is 0. The van der Waals surface area contributed by atoms with Crippen molar-refractivity contribution in [1.29, 1.82) is 0 Å². The largest absolute Gasteiger partial charge is 0.378 e. The molecule has 0 amide bonds. The predicted molar refractivity (Wildman–Crippen MR) is 46.0 cm³/mol. The predicted octanol–water partition coefficient (Wildman–Crippen LogP) is 1.87. The van der Waals surface area contributed by atoms with Gasteiger partial charge >= 0.3 is 0 Å². The van der Waals surface area contributed by atoms with Crippen LogP contribution < -0.4 is 0 Å². The molecule has 0 saturated heterocycles. The Morgan fingerprint density at radius 3 is 2.73 bits per heavy atom. The van der Waals surface area contributed by atoms with Gasteiger partial charge in [0.15, 0.2) is 0 Å². The molecule has 1 aliphatic rings. The normalized spacial score (nSPS) is 32.0. The Balaban J connectivity index is 2.56. The highest BCUT2D eigenvalue weighted by Gasteiger charge is 2.22. The summed E-state index contributed by atoms with van der Waals surface area (Å²) in [6, 6.07) is 0. The van der Waals surface area contributed by atoms with Gasteiger partial charge in [0.1, 0.15) is 5.60 Å². The highest BCUT2D eigenvalue weighted by molar-refractivity contribution is 5.08. The number of hydrogen-bond acceptors (Lipinski definition) is 1. The summed E-state index contributed by atoms with van der Waals surface area (Å²) in [6.07, 6.45) is 13.9. The average Bonchev–Trinajstić information content (AvgIpc) is 1.98. The maximum Gasteiger partial charge on any atom is 0.125 e. The van der Waals surface area contributed by atoms with E-state index in [0.717, 1.165) is 25.7 Å². The SMILES string of the molecule is C#CC1(O)CCC=CCCC1. The molecule has 11 heavy (non-hydrogen) atoms. The smallest absolute Gasteiger partial charge is 0.125 e. The molecule has 0 bridgehead atoms. The summed E-state index contributed by atoms with van der Waals surface area (Å²) in [7, 11) is 0. The van der Waals surface area contributed by atoms with Gasteiger partial charge in [0.25, 0.3) is 0 Å². The average molecular weight is 150 g/mol. The molecule has 0 aromatic rings. The van der Waals surface area contributed by atoms with Crippen molar-refractivity contribution in [3.05, 3.63) is 12.2 Å². The molecule has 1 unspecified atom stereocenters. The highest BCUT2D eigenvalue weighted by atomic mass is 16.3. The summed E-state index contributed by atoms with van der Waals surface area (Å²) in [5.41, 5.74) is -0.829. The fraction of sp³-hybridized carbons (Fsp3) is 0.600. The fourth-order valence-corrected chi connectivity index (χ4v) is 1.34. The van der Waals surface area contributed by atoms with Crippen LogP contribution in [0.15, 0.2) is 12.2 Å². The van der Waals surface area contributed by atoms with Gasteiger partial charge in [0.2, 0.25) is 0 Å². The first-order valence-corrected chi connectivity index (χ1v) is 4.12. The zero-order chi connectivity index (χ0) is 8.16. The molecule has 1 rings (SSSR count). The van der Waals surface area contributed by atoms with Crippen molar-refractivity contribution in [3.8, 4) is 12.3 Å². The maximum atomic E-state index is 9.72. The quantitative estimate of drug-likeness (QED) is 0.413. The third-order valence-corrected chi connectivity index (χ3v) is 2.12. The van der Waals surface area contributed by atoms with Crippen LogP contribution in [0, 0.1) is 12.3 Å². The van der Waals surface area contributed by atoms with Crippen LogP contribution in [-0.2, 0) is 0 Å². The van der Waals surface area contributed by atoms with Crippen LogP contribution in [0.1, 0.15) is 32.1 Å². The van der Waals surface area contributed by atoms with E-state index >= 15 is 0 Å². The van der Waals surface area contributed by atoms with E-state index in [9.17, 15) is 5.11 Å². The minimum absolute atomic E-state index is 0.708. The Labute approximate surface area is 68.1 Å². The third kappa shape index (κ3) is 2.40. The van der Waals surface area contributed by atoms with E-state index in [1.54, 1.807) is 0 Å². The van der Waals surface area contributed by atoms with Crippen LogP contribution in [0.5, 0.6) is 0 Å². The molecule has 1 atom stereocenters. The van der Waals surface area contributed by atoms with E-state index in [1.165, 1.54) is 0 Å². The molecule has 0 aromatic carbocycles. The van der Waals surface area contributed by atoms with Gasteiger partial charge in [-0.3, -0.25) is 0 Å². The van der Waals surface area contributed by atoms with Crippen LogP contribution in [-0.4, -0.2) is 10.7 Å². The van der Waals surface area contributed by atoms with E-state index in [-0.39, 0.29) is 0 Å². The van der Waals surface area contributed by atoms with Crippen molar-refractivity contribution >= 4 is 0 Å². The van der Waals surface area contributed by atoms with E-state index in [1.807, 2.05) is 0 Å². The summed E-state index contributed by atoms with van der Waals surface area (Å²) >= 11 is 0. The Hall–Kier alpha value is -0.740. The van der Waals surface area contributed by atoms with Gasteiger partial charge in [0.05, 0.1) is 0 Å². The van der Waals surface area contributed by atoms with Crippen LogP contribution >= 0.6 is 0 Å². The Kier molecular flexibility index (Phi) is 2.73. The fourth-order valence-electron chi connectivity index (χ4n) is 1.34. The van der Waals surface area contributed by atoms with Crippen LogP contribution in [0.4, 0.5) is 0 Å². The van der Waals surface area contributed by atoms with E-state index < -0.39 is 5.60 Å². The van der Waals surface area contributed by atoms with Gasteiger partial charge < -0.3 is 5.11 Å². The zero-order valence-electron chi connectivity index (χ0n) is 6.71. The monoisotopic (exact) mass is 150 g/mol. The molecule has 0 fully saturated rings. The first-order chi connectivity index (χ1) is 5.27. The summed E-state index contributed by atoms with van der Waals surface area (Å²) in [4.78, 5) is 0. The summed E-state index contributed by atoms with van der Waals surface area (Å²) < 4.78 is 0. The van der Waals surface area contributed by atoms with Crippen LogP contribution in [0.25, 0.3) is 0 Å². The molecule has 0 aromatic heterocycles. The lowest BCUT2D eigenvalue weighted by Crippen LogP contribution is -2.26. The van der Waals surface area contributed by atoms with Crippen molar-refractivity contribution in [2.24, 2.45) is 0 Å². The second-order valence-corrected chi connectivity index (χ2v) is 3.08. The second-order valence-electron chi connectivity index (χ2n) is 3.08. The second kappa shape index (κ2) is 3.59. The van der Waals surface area contributed by atoms with Crippen molar-refractivity contribution in [2.75, 3.05) is 0 Å². The Morgan fingerprint density at radius 2 is 2.00 bits per heavy atom. The summed E-state index contributed by atoms with van der Waals surface area (Å²) in [5, 5.41) is 9.72. The lowest BCUT2D eigenvalue weighted by molar-refractivity contribution is 0.0805. The van der Waals surface area contributed by atoms with E-state index in [2.05, 4.69) is 18.1 Å². The molecule has 0 radical (unpaired) electrons. The number of aliphatic hydroxyl groups is 1. The first-order valence-electron chi connectivity index (χ1n) is 4.12. The molecule has 60 valence electrons. The van der Waals surface area contributed by atoms with Gasteiger partial charge in [-0.25, -0.2) is 0 Å². The molecule has 1 N–H and O–H groups in total. The standard InChI is InChI=1S/C10H14O/c1-2-10(11)8-6-4-3-5-7-9-10/h1,3-4,11H,5-9H2. The number of hydrogen-bond donors (Lipinski definition) is 1. The van der Waals surface area contributed by atoms with E-state index in [0.29, 0.717) is 6.42 Å². The lowest BCUT2D eigenvalue weighted by atomic mass is 9.90. The summed E-state index contributed by atoms with van der Waals surface area (Å²) in [5.74, 6) is 2.47.